The Morgan fingerprint density at radius 3 is 2.75 bits per heavy atom. The predicted octanol–water partition coefficient (Wildman–Crippen LogP) is 0.233. The molecule has 10 nitrogen and oxygen atoms in total. The summed E-state index contributed by atoms with van der Waals surface area (Å²) in [6, 6.07) is 7.05. The number of carbonyl (C=O) groups is 1. The van der Waals surface area contributed by atoms with Crippen molar-refractivity contribution in [3.05, 3.63) is 58.2 Å². The van der Waals surface area contributed by atoms with Crippen LogP contribution in [0.1, 0.15) is 30.4 Å². The zero-order chi connectivity index (χ0) is 19.5. The van der Waals surface area contributed by atoms with E-state index in [0.29, 0.717) is 32.4 Å². The van der Waals surface area contributed by atoms with Gasteiger partial charge in [0.15, 0.2) is 0 Å². The van der Waals surface area contributed by atoms with Crippen LogP contribution in [-0.4, -0.2) is 43.7 Å². The number of carbonyl (C=O) groups excluding carboxylic acids is 1. The second kappa shape index (κ2) is 8.03. The SMILES string of the molecule is O=C(NCc1ccc(Cn2cncn2)cc1)C1NNC2CCC([N+](=O)[O-])CC21. The summed E-state index contributed by atoms with van der Waals surface area (Å²) in [6.07, 6.45) is 4.85. The van der Waals surface area contributed by atoms with E-state index in [1.165, 1.54) is 6.33 Å². The summed E-state index contributed by atoms with van der Waals surface area (Å²) in [4.78, 5) is 27.4. The monoisotopic (exact) mass is 385 g/mol. The molecule has 0 bridgehead atoms. The van der Waals surface area contributed by atoms with E-state index in [0.717, 1.165) is 11.1 Å². The normalized spacial score (nSPS) is 26.6. The first kappa shape index (κ1) is 18.5. The van der Waals surface area contributed by atoms with Crippen LogP contribution in [0.3, 0.4) is 0 Å². The van der Waals surface area contributed by atoms with Gasteiger partial charge in [-0.1, -0.05) is 24.3 Å². The second-order valence-electron chi connectivity index (χ2n) is 7.42. The average molecular weight is 385 g/mol. The van der Waals surface area contributed by atoms with Crippen LogP contribution < -0.4 is 16.2 Å². The number of hydrazine groups is 1. The standard InChI is InChI=1S/C18H23N7O3/c26-18(17-15-7-14(25(27)28)5-6-16(15)22-23-17)20-8-12-1-3-13(4-2-12)9-24-11-19-10-21-24/h1-4,10-11,14-17,22-23H,5-9H2,(H,20,26). The molecule has 148 valence electrons. The molecule has 1 saturated carbocycles. The van der Waals surface area contributed by atoms with Crippen molar-refractivity contribution in [2.75, 3.05) is 0 Å². The molecule has 0 spiro atoms. The van der Waals surface area contributed by atoms with E-state index in [1.807, 2.05) is 24.3 Å². The Hall–Kier alpha value is -2.85. The van der Waals surface area contributed by atoms with Gasteiger partial charge < -0.3 is 5.32 Å². The molecule has 1 aromatic heterocycles. The summed E-state index contributed by atoms with van der Waals surface area (Å²) in [7, 11) is 0. The van der Waals surface area contributed by atoms with Crippen molar-refractivity contribution in [1.29, 1.82) is 0 Å². The Morgan fingerprint density at radius 1 is 1.25 bits per heavy atom. The fraction of sp³-hybridized carbons (Fsp3) is 0.500. The molecule has 1 saturated heterocycles. The maximum Gasteiger partial charge on any atom is 0.239 e. The summed E-state index contributed by atoms with van der Waals surface area (Å²) in [5, 5.41) is 18.1. The van der Waals surface area contributed by atoms with Crippen molar-refractivity contribution >= 4 is 5.91 Å². The lowest BCUT2D eigenvalue weighted by molar-refractivity contribution is -0.528. The molecule has 1 aromatic carbocycles. The van der Waals surface area contributed by atoms with Crippen molar-refractivity contribution < 1.29 is 9.72 Å². The van der Waals surface area contributed by atoms with Crippen LogP contribution in [0, 0.1) is 16.0 Å². The summed E-state index contributed by atoms with van der Waals surface area (Å²) in [6.45, 7) is 1.06. The largest absolute Gasteiger partial charge is 0.351 e. The van der Waals surface area contributed by atoms with Crippen LogP contribution in [-0.2, 0) is 17.9 Å². The number of rotatable bonds is 6. The topological polar surface area (TPSA) is 127 Å². The van der Waals surface area contributed by atoms with Crippen molar-refractivity contribution in [2.24, 2.45) is 5.92 Å². The van der Waals surface area contributed by atoms with Gasteiger partial charge in [-0.25, -0.2) is 15.1 Å². The molecule has 1 aliphatic carbocycles. The van der Waals surface area contributed by atoms with Gasteiger partial charge in [-0.05, 0) is 17.5 Å². The van der Waals surface area contributed by atoms with E-state index >= 15 is 0 Å². The summed E-state index contributed by atoms with van der Waals surface area (Å²) >= 11 is 0. The van der Waals surface area contributed by atoms with Crippen molar-refractivity contribution in [1.82, 2.24) is 30.9 Å². The summed E-state index contributed by atoms with van der Waals surface area (Å²) in [5.74, 6) is -0.190. The Kier molecular flexibility index (Phi) is 5.31. The van der Waals surface area contributed by atoms with Gasteiger partial charge >= 0.3 is 0 Å². The van der Waals surface area contributed by atoms with Crippen LogP contribution in [0.25, 0.3) is 0 Å². The molecule has 0 radical (unpaired) electrons. The molecular weight excluding hydrogens is 362 g/mol. The van der Waals surface area contributed by atoms with Crippen molar-refractivity contribution in [3.63, 3.8) is 0 Å². The molecule has 2 aromatic rings. The molecule has 4 unspecified atom stereocenters. The quantitative estimate of drug-likeness (QED) is 0.480. The molecule has 10 heteroatoms. The Bertz CT molecular complexity index is 824. The molecule has 1 aliphatic heterocycles. The summed E-state index contributed by atoms with van der Waals surface area (Å²) in [5.41, 5.74) is 8.24. The number of nitro groups is 1. The van der Waals surface area contributed by atoms with Crippen LogP contribution in [0.2, 0.25) is 0 Å². The van der Waals surface area contributed by atoms with Gasteiger partial charge in [-0.3, -0.25) is 20.3 Å². The van der Waals surface area contributed by atoms with Crippen molar-refractivity contribution in [3.8, 4) is 0 Å². The highest BCUT2D eigenvalue weighted by atomic mass is 16.6. The van der Waals surface area contributed by atoms with Gasteiger partial charge in [0.25, 0.3) is 0 Å². The van der Waals surface area contributed by atoms with Gasteiger partial charge in [0.1, 0.15) is 18.7 Å². The molecule has 2 fully saturated rings. The third-order valence-corrected chi connectivity index (χ3v) is 5.61. The van der Waals surface area contributed by atoms with E-state index < -0.39 is 12.1 Å². The minimum atomic E-state index is -0.559. The van der Waals surface area contributed by atoms with E-state index in [2.05, 4.69) is 26.3 Å². The number of nitrogens with one attached hydrogen (secondary N) is 3. The minimum Gasteiger partial charge on any atom is -0.351 e. The lowest BCUT2D eigenvalue weighted by atomic mass is 9.79. The first-order valence-corrected chi connectivity index (χ1v) is 9.42. The number of aromatic nitrogens is 3. The average Bonchev–Trinajstić information content (AvgIpc) is 3.36. The number of hydrogen-bond donors (Lipinski definition) is 3. The maximum absolute atomic E-state index is 12.6. The molecule has 4 rings (SSSR count). The fourth-order valence-electron chi connectivity index (χ4n) is 4.05. The molecule has 2 aliphatic rings. The number of amides is 1. The second-order valence-corrected chi connectivity index (χ2v) is 7.42. The van der Waals surface area contributed by atoms with Crippen LogP contribution in [0.15, 0.2) is 36.9 Å². The van der Waals surface area contributed by atoms with E-state index in [1.54, 1.807) is 11.0 Å². The Balaban J connectivity index is 1.31. The van der Waals surface area contributed by atoms with Gasteiger partial charge in [0, 0.05) is 36.3 Å². The molecular formula is C18H23N7O3. The molecule has 28 heavy (non-hydrogen) atoms. The van der Waals surface area contributed by atoms with Gasteiger partial charge in [0.05, 0.1) is 6.54 Å². The van der Waals surface area contributed by atoms with E-state index in [4.69, 9.17) is 0 Å². The van der Waals surface area contributed by atoms with Crippen LogP contribution >= 0.6 is 0 Å². The number of benzene rings is 1. The highest BCUT2D eigenvalue weighted by Crippen LogP contribution is 2.31. The minimum absolute atomic E-state index is 0.0609. The Morgan fingerprint density at radius 2 is 2.04 bits per heavy atom. The molecule has 3 N–H and O–H groups in total. The smallest absolute Gasteiger partial charge is 0.239 e. The lowest BCUT2D eigenvalue weighted by Crippen LogP contribution is -2.46. The van der Waals surface area contributed by atoms with Crippen LogP contribution in [0.4, 0.5) is 0 Å². The number of nitrogens with zero attached hydrogens (tertiary/aromatic N) is 4. The third-order valence-electron chi connectivity index (χ3n) is 5.61. The van der Waals surface area contributed by atoms with Gasteiger partial charge in [-0.15, -0.1) is 0 Å². The summed E-state index contributed by atoms with van der Waals surface area (Å²) < 4.78 is 1.74. The third kappa shape index (κ3) is 4.02. The van der Waals surface area contributed by atoms with Crippen LogP contribution in [0.5, 0.6) is 0 Å². The highest BCUT2D eigenvalue weighted by molar-refractivity contribution is 5.82. The highest BCUT2D eigenvalue weighted by Gasteiger charge is 2.46. The number of hydrogen-bond acceptors (Lipinski definition) is 7. The first-order chi connectivity index (χ1) is 13.6. The lowest BCUT2D eigenvalue weighted by Gasteiger charge is -2.28. The fourth-order valence-corrected chi connectivity index (χ4v) is 4.05. The van der Waals surface area contributed by atoms with Gasteiger partial charge in [0.2, 0.25) is 11.9 Å². The van der Waals surface area contributed by atoms with Gasteiger partial charge in [-0.2, -0.15) is 5.10 Å². The number of fused-ring (bicyclic) bond motifs is 1. The zero-order valence-corrected chi connectivity index (χ0v) is 15.3. The zero-order valence-electron chi connectivity index (χ0n) is 15.3. The van der Waals surface area contributed by atoms with Crippen molar-refractivity contribution in [2.45, 2.75) is 50.5 Å². The molecule has 2 heterocycles. The molecule has 4 atom stereocenters. The Labute approximate surface area is 161 Å². The van der Waals surface area contributed by atoms with E-state index in [-0.39, 0.29) is 22.8 Å². The molecule has 1 amide bonds. The first-order valence-electron chi connectivity index (χ1n) is 9.42. The predicted molar refractivity (Wildman–Crippen MR) is 99.4 cm³/mol. The van der Waals surface area contributed by atoms with E-state index in [9.17, 15) is 14.9 Å². The maximum atomic E-state index is 12.6.